The number of nitrogens with one attached hydrogen (secondary N) is 1. The zero-order valence-electron chi connectivity index (χ0n) is 19.2. The smallest absolute Gasteiger partial charge is 0.265 e. The minimum Gasteiger partial charge on any atom is -0.493 e. The third-order valence-electron chi connectivity index (χ3n) is 6.30. The highest BCUT2D eigenvalue weighted by molar-refractivity contribution is 7.93. The molecular formula is C26H25F2NO6S. The second-order valence-corrected chi connectivity index (χ2v) is 10.7. The molecule has 1 aliphatic rings. The summed E-state index contributed by atoms with van der Waals surface area (Å²) in [5.74, 6) is -2.34. The van der Waals surface area contributed by atoms with Gasteiger partial charge in [0.15, 0.2) is 26.2 Å². The summed E-state index contributed by atoms with van der Waals surface area (Å²) in [6, 6.07) is 16.9. The van der Waals surface area contributed by atoms with Crippen LogP contribution in [0.25, 0.3) is 11.1 Å². The highest BCUT2D eigenvalue weighted by Crippen LogP contribution is 2.35. The molecule has 1 aliphatic heterocycles. The Morgan fingerprint density at radius 3 is 2.33 bits per heavy atom. The maximum Gasteiger partial charge on any atom is 0.265 e. The fraction of sp³-hybridized carbons (Fsp3) is 0.269. The third-order valence-corrected chi connectivity index (χ3v) is 8.82. The van der Waals surface area contributed by atoms with Crippen molar-refractivity contribution in [2.45, 2.75) is 28.9 Å². The van der Waals surface area contributed by atoms with Crippen molar-refractivity contribution in [3.05, 3.63) is 83.9 Å². The van der Waals surface area contributed by atoms with Crippen LogP contribution in [0.4, 0.5) is 8.78 Å². The third kappa shape index (κ3) is 5.11. The Balaban J connectivity index is 1.42. The van der Waals surface area contributed by atoms with Crippen molar-refractivity contribution in [1.29, 1.82) is 0 Å². The summed E-state index contributed by atoms with van der Waals surface area (Å²) in [5.41, 5.74) is 3.72. The molecule has 1 fully saturated rings. The van der Waals surface area contributed by atoms with E-state index in [1.807, 2.05) is 18.2 Å². The number of benzene rings is 3. The van der Waals surface area contributed by atoms with Crippen LogP contribution in [0.15, 0.2) is 71.6 Å². The van der Waals surface area contributed by atoms with Gasteiger partial charge in [-0.15, -0.1) is 0 Å². The average molecular weight is 518 g/mol. The molecule has 2 N–H and O–H groups in total. The molecule has 10 heteroatoms. The molecule has 190 valence electrons. The first-order valence-corrected chi connectivity index (χ1v) is 12.8. The lowest BCUT2D eigenvalue weighted by Gasteiger charge is -2.34. The predicted octanol–water partition coefficient (Wildman–Crippen LogP) is 4.08. The molecule has 1 amide bonds. The minimum atomic E-state index is -4.11. The Labute approximate surface area is 207 Å². The van der Waals surface area contributed by atoms with Gasteiger partial charge in [-0.05, 0) is 65.9 Å². The van der Waals surface area contributed by atoms with E-state index in [-0.39, 0.29) is 31.0 Å². The van der Waals surface area contributed by atoms with Gasteiger partial charge in [-0.1, -0.05) is 30.3 Å². The summed E-state index contributed by atoms with van der Waals surface area (Å²) < 4.78 is 62.5. The number of sulfone groups is 1. The van der Waals surface area contributed by atoms with Crippen LogP contribution in [-0.4, -0.2) is 44.1 Å². The molecule has 4 rings (SSSR count). The normalized spacial score (nSPS) is 15.3. The summed E-state index contributed by atoms with van der Waals surface area (Å²) in [6.07, 6.45) is 0.393. The van der Waals surface area contributed by atoms with E-state index >= 15 is 0 Å². The van der Waals surface area contributed by atoms with Gasteiger partial charge in [-0.3, -0.25) is 10.0 Å². The van der Waals surface area contributed by atoms with Crippen molar-refractivity contribution < 1.29 is 36.7 Å². The van der Waals surface area contributed by atoms with Crippen LogP contribution < -0.4 is 10.2 Å². The van der Waals surface area contributed by atoms with E-state index in [1.165, 1.54) is 35.8 Å². The van der Waals surface area contributed by atoms with Crippen LogP contribution in [0, 0.1) is 11.6 Å². The van der Waals surface area contributed by atoms with Crippen LogP contribution in [0.1, 0.15) is 18.4 Å². The Hall–Kier alpha value is -3.34. The van der Waals surface area contributed by atoms with Crippen molar-refractivity contribution in [2.24, 2.45) is 0 Å². The molecule has 3 aromatic rings. The fourth-order valence-corrected chi connectivity index (χ4v) is 6.17. The van der Waals surface area contributed by atoms with Gasteiger partial charge < -0.3 is 9.47 Å². The van der Waals surface area contributed by atoms with E-state index in [4.69, 9.17) is 14.7 Å². The maximum atomic E-state index is 13.6. The van der Waals surface area contributed by atoms with Gasteiger partial charge in [-0.25, -0.2) is 22.7 Å². The van der Waals surface area contributed by atoms with Crippen LogP contribution in [-0.2, 0) is 25.8 Å². The van der Waals surface area contributed by atoms with Gasteiger partial charge in [0, 0.05) is 19.6 Å². The van der Waals surface area contributed by atoms with E-state index in [9.17, 15) is 22.0 Å². The minimum absolute atomic E-state index is 0.0559. The van der Waals surface area contributed by atoms with Crippen LogP contribution in [0.2, 0.25) is 0 Å². The van der Waals surface area contributed by atoms with Gasteiger partial charge in [-0.2, -0.15) is 0 Å². The largest absolute Gasteiger partial charge is 0.493 e. The topological polar surface area (TPSA) is 102 Å². The van der Waals surface area contributed by atoms with Crippen LogP contribution >= 0.6 is 0 Å². The molecule has 0 aliphatic carbocycles. The quantitative estimate of drug-likeness (QED) is 0.345. The SMILES string of the molecule is O=C(NO)C1(S(=O)(=O)c2ccc(OCCc3cccc(-c4ccc(F)c(F)c4)c3)cc2)CCOCC1. The van der Waals surface area contributed by atoms with Crippen LogP contribution in [0.3, 0.4) is 0 Å². The Morgan fingerprint density at radius 2 is 1.67 bits per heavy atom. The molecule has 0 atom stereocenters. The number of halogens is 2. The standard InChI is InChI=1S/C26H25F2NO6S/c27-23-9-4-20(17-24(23)28)19-3-1-2-18(16-19)10-13-35-21-5-7-22(8-6-21)36(32,33)26(25(30)29-31)11-14-34-15-12-26/h1-9,16-17,31H,10-15H2,(H,29,30). The average Bonchev–Trinajstić information content (AvgIpc) is 2.90. The van der Waals surface area contributed by atoms with Crippen molar-refractivity contribution >= 4 is 15.7 Å². The highest BCUT2D eigenvalue weighted by atomic mass is 32.2. The van der Waals surface area contributed by atoms with E-state index in [1.54, 1.807) is 6.07 Å². The fourth-order valence-electron chi connectivity index (χ4n) is 4.23. The van der Waals surface area contributed by atoms with E-state index < -0.39 is 32.1 Å². The van der Waals surface area contributed by atoms with Crippen molar-refractivity contribution in [3.63, 3.8) is 0 Å². The molecule has 0 bridgehead atoms. The lowest BCUT2D eigenvalue weighted by molar-refractivity contribution is -0.134. The van der Waals surface area contributed by atoms with Gasteiger partial charge >= 0.3 is 0 Å². The zero-order valence-corrected chi connectivity index (χ0v) is 20.1. The highest BCUT2D eigenvalue weighted by Gasteiger charge is 2.52. The van der Waals surface area contributed by atoms with Crippen molar-refractivity contribution in [1.82, 2.24) is 5.48 Å². The monoisotopic (exact) mass is 517 g/mol. The molecule has 1 saturated heterocycles. The number of amides is 1. The molecule has 0 spiro atoms. The zero-order chi connectivity index (χ0) is 25.8. The summed E-state index contributed by atoms with van der Waals surface area (Å²) in [6.45, 7) is 0.470. The second kappa shape index (κ2) is 10.7. The van der Waals surface area contributed by atoms with E-state index in [0.29, 0.717) is 24.3 Å². The van der Waals surface area contributed by atoms with Gasteiger partial charge in [0.2, 0.25) is 0 Å². The molecule has 0 saturated carbocycles. The van der Waals surface area contributed by atoms with E-state index in [2.05, 4.69) is 0 Å². The summed E-state index contributed by atoms with van der Waals surface area (Å²) in [4.78, 5) is 12.3. The van der Waals surface area contributed by atoms with Crippen LogP contribution in [0.5, 0.6) is 5.75 Å². The molecule has 0 radical (unpaired) electrons. The summed E-state index contributed by atoms with van der Waals surface area (Å²) >= 11 is 0. The number of carbonyl (C=O) groups excluding carboxylic acids is 1. The lowest BCUT2D eigenvalue weighted by atomic mass is 9.98. The Kier molecular flexibility index (Phi) is 7.67. The van der Waals surface area contributed by atoms with Gasteiger partial charge in [0.25, 0.3) is 5.91 Å². The molecule has 3 aromatic carbocycles. The molecule has 7 nitrogen and oxygen atoms in total. The predicted molar refractivity (Wildman–Crippen MR) is 127 cm³/mol. The number of hydrogen-bond donors (Lipinski definition) is 2. The lowest BCUT2D eigenvalue weighted by Crippen LogP contribution is -2.54. The number of rotatable bonds is 8. The van der Waals surface area contributed by atoms with Crippen molar-refractivity contribution in [3.8, 4) is 16.9 Å². The summed E-state index contributed by atoms with van der Waals surface area (Å²) in [7, 11) is -4.11. The number of carbonyl (C=O) groups is 1. The van der Waals surface area contributed by atoms with Gasteiger partial charge in [0.1, 0.15) is 5.75 Å². The van der Waals surface area contributed by atoms with Crippen molar-refractivity contribution in [2.75, 3.05) is 19.8 Å². The number of ether oxygens (including phenoxy) is 2. The maximum absolute atomic E-state index is 13.6. The molecular weight excluding hydrogens is 492 g/mol. The van der Waals surface area contributed by atoms with E-state index in [0.717, 1.165) is 23.3 Å². The first-order chi connectivity index (χ1) is 17.3. The van der Waals surface area contributed by atoms with Gasteiger partial charge in [0.05, 0.1) is 11.5 Å². The first-order valence-electron chi connectivity index (χ1n) is 11.3. The Morgan fingerprint density at radius 1 is 0.972 bits per heavy atom. The second-order valence-electron chi connectivity index (χ2n) is 8.45. The number of hydrogen-bond acceptors (Lipinski definition) is 6. The number of hydroxylamine groups is 1. The molecule has 36 heavy (non-hydrogen) atoms. The summed E-state index contributed by atoms with van der Waals surface area (Å²) in [5, 5.41) is 9.15. The molecule has 0 aromatic heterocycles. The molecule has 1 heterocycles. The molecule has 0 unspecified atom stereocenters. The first kappa shape index (κ1) is 25.7. The Bertz CT molecular complexity index is 1340.